The molecule has 0 radical (unpaired) electrons. The Balaban J connectivity index is 1.81. The van der Waals surface area contributed by atoms with Crippen LogP contribution in [0.4, 0.5) is 11.4 Å². The average molecular weight is 615 g/mol. The molecule has 0 bridgehead atoms. The Morgan fingerprint density at radius 1 is 0.818 bits per heavy atom. The SMILES string of the molecule is CC(C)NC(=O)[C@H](Cc1ccccc1)N(Cc1ccccc1)C(=O)CN(c1cccc([N+](=O)[O-])c1)S(=O)(=O)c1ccccc1. The van der Waals surface area contributed by atoms with Crippen molar-refractivity contribution in [2.45, 2.75) is 43.8 Å². The highest BCUT2D eigenvalue weighted by Gasteiger charge is 2.35. The number of nitrogens with one attached hydrogen (secondary N) is 1. The van der Waals surface area contributed by atoms with Gasteiger partial charge in [-0.15, -0.1) is 0 Å². The molecule has 0 aliphatic carbocycles. The molecule has 0 fully saturated rings. The Labute approximate surface area is 257 Å². The molecule has 0 saturated carbocycles. The fourth-order valence-electron chi connectivity index (χ4n) is 4.72. The van der Waals surface area contributed by atoms with E-state index in [2.05, 4.69) is 5.32 Å². The van der Waals surface area contributed by atoms with E-state index in [1.54, 1.807) is 18.2 Å². The highest BCUT2D eigenvalue weighted by molar-refractivity contribution is 7.92. The van der Waals surface area contributed by atoms with Crippen LogP contribution in [-0.4, -0.2) is 48.7 Å². The van der Waals surface area contributed by atoms with Gasteiger partial charge in [0.2, 0.25) is 11.8 Å². The van der Waals surface area contributed by atoms with Gasteiger partial charge >= 0.3 is 0 Å². The van der Waals surface area contributed by atoms with Gasteiger partial charge in [-0.25, -0.2) is 8.42 Å². The maximum absolute atomic E-state index is 14.4. The van der Waals surface area contributed by atoms with Crippen molar-refractivity contribution < 1.29 is 22.9 Å². The topological polar surface area (TPSA) is 130 Å². The predicted octanol–water partition coefficient (Wildman–Crippen LogP) is 4.95. The molecule has 1 atom stereocenters. The maximum Gasteiger partial charge on any atom is 0.271 e. The van der Waals surface area contributed by atoms with Crippen molar-refractivity contribution in [2.24, 2.45) is 0 Å². The van der Waals surface area contributed by atoms with Crippen LogP contribution in [0, 0.1) is 10.1 Å². The lowest BCUT2D eigenvalue weighted by Gasteiger charge is -2.34. The monoisotopic (exact) mass is 614 g/mol. The molecule has 0 aliphatic heterocycles. The number of nitro benzene ring substituents is 1. The summed E-state index contributed by atoms with van der Waals surface area (Å²) in [5.41, 5.74) is 1.17. The van der Waals surface area contributed by atoms with E-state index >= 15 is 0 Å². The second-order valence-corrected chi connectivity index (χ2v) is 12.3. The third-order valence-corrected chi connectivity index (χ3v) is 8.62. The highest BCUT2D eigenvalue weighted by atomic mass is 32.2. The van der Waals surface area contributed by atoms with Gasteiger partial charge in [0.1, 0.15) is 12.6 Å². The summed E-state index contributed by atoms with van der Waals surface area (Å²) in [6.07, 6.45) is 0.181. The van der Waals surface area contributed by atoms with Crippen molar-refractivity contribution in [3.8, 4) is 0 Å². The smallest absolute Gasteiger partial charge is 0.271 e. The number of benzene rings is 4. The van der Waals surface area contributed by atoms with Crippen LogP contribution in [0.2, 0.25) is 0 Å². The number of nitro groups is 1. The molecule has 1 N–H and O–H groups in total. The molecule has 0 spiro atoms. The fraction of sp³-hybridized carbons (Fsp3) is 0.212. The first-order valence-corrected chi connectivity index (χ1v) is 15.5. The Hall–Kier alpha value is -5.03. The normalized spacial score (nSPS) is 11.9. The summed E-state index contributed by atoms with van der Waals surface area (Å²) in [5, 5.41) is 14.5. The minimum absolute atomic E-state index is 0.0247. The van der Waals surface area contributed by atoms with Crippen molar-refractivity contribution in [3.05, 3.63) is 137 Å². The van der Waals surface area contributed by atoms with E-state index in [4.69, 9.17) is 0 Å². The molecule has 0 unspecified atom stereocenters. The Morgan fingerprint density at radius 3 is 1.95 bits per heavy atom. The zero-order valence-electron chi connectivity index (χ0n) is 24.4. The molecule has 0 heterocycles. The minimum atomic E-state index is -4.36. The number of hydrogen-bond donors (Lipinski definition) is 1. The zero-order chi connectivity index (χ0) is 31.7. The van der Waals surface area contributed by atoms with Crippen molar-refractivity contribution in [1.29, 1.82) is 0 Å². The van der Waals surface area contributed by atoms with Gasteiger partial charge in [0, 0.05) is 31.1 Å². The molecule has 10 nitrogen and oxygen atoms in total. The molecular weight excluding hydrogens is 580 g/mol. The number of anilines is 1. The number of carbonyl (C=O) groups is 2. The number of sulfonamides is 1. The summed E-state index contributed by atoms with van der Waals surface area (Å²) in [5.74, 6) is -1.04. The van der Waals surface area contributed by atoms with Crippen LogP contribution in [0.5, 0.6) is 0 Å². The molecule has 0 saturated heterocycles. The van der Waals surface area contributed by atoms with Crippen molar-refractivity contribution in [1.82, 2.24) is 10.2 Å². The molecule has 11 heteroatoms. The highest BCUT2D eigenvalue weighted by Crippen LogP contribution is 2.28. The number of rotatable bonds is 13. The number of hydrogen-bond acceptors (Lipinski definition) is 6. The standard InChI is InChI=1S/C33H34N4O6S/c1-25(2)34-33(39)31(21-26-13-6-3-7-14-26)35(23-27-15-8-4-9-16-27)32(38)24-36(28-17-12-18-29(22-28)37(40)41)44(42,43)30-19-10-5-11-20-30/h3-20,22,25,31H,21,23-24H2,1-2H3,(H,34,39)/t31-/m0/s1. The van der Waals surface area contributed by atoms with Gasteiger partial charge in [0.05, 0.1) is 15.5 Å². The van der Waals surface area contributed by atoms with Gasteiger partial charge in [0.15, 0.2) is 0 Å². The Kier molecular flexibility index (Phi) is 10.5. The third kappa shape index (κ3) is 8.07. The summed E-state index contributed by atoms with van der Waals surface area (Å²) in [6.45, 7) is 2.96. The largest absolute Gasteiger partial charge is 0.352 e. The van der Waals surface area contributed by atoms with Crippen molar-refractivity contribution in [2.75, 3.05) is 10.8 Å². The van der Waals surface area contributed by atoms with Gasteiger partial charge in [-0.1, -0.05) is 84.9 Å². The molecule has 2 amide bonds. The quantitative estimate of drug-likeness (QED) is 0.168. The van der Waals surface area contributed by atoms with Crippen LogP contribution in [-0.2, 0) is 32.6 Å². The van der Waals surface area contributed by atoms with E-state index in [0.717, 1.165) is 21.5 Å². The first kappa shape index (κ1) is 31.9. The first-order valence-electron chi connectivity index (χ1n) is 14.1. The van der Waals surface area contributed by atoms with Crippen LogP contribution in [0.15, 0.2) is 120 Å². The Morgan fingerprint density at radius 2 is 1.39 bits per heavy atom. The maximum atomic E-state index is 14.4. The van der Waals surface area contributed by atoms with Gasteiger partial charge in [-0.05, 0) is 43.2 Å². The lowest BCUT2D eigenvalue weighted by Crippen LogP contribution is -2.54. The van der Waals surface area contributed by atoms with Gasteiger partial charge < -0.3 is 10.2 Å². The fourth-order valence-corrected chi connectivity index (χ4v) is 6.15. The zero-order valence-corrected chi connectivity index (χ0v) is 25.3. The van der Waals surface area contributed by atoms with E-state index < -0.39 is 33.4 Å². The summed E-state index contributed by atoms with van der Waals surface area (Å²) < 4.78 is 28.8. The lowest BCUT2D eigenvalue weighted by molar-refractivity contribution is -0.384. The molecule has 0 aromatic heterocycles. The molecule has 4 aromatic rings. The van der Waals surface area contributed by atoms with Gasteiger partial charge in [-0.3, -0.25) is 24.0 Å². The number of non-ortho nitro benzene ring substituents is 1. The summed E-state index contributed by atoms with van der Waals surface area (Å²) in [4.78, 5) is 40.3. The molecular formula is C33H34N4O6S. The Bertz CT molecular complexity index is 1680. The second kappa shape index (κ2) is 14.4. The summed E-state index contributed by atoms with van der Waals surface area (Å²) in [6, 6.07) is 29.8. The summed E-state index contributed by atoms with van der Waals surface area (Å²) >= 11 is 0. The van der Waals surface area contributed by atoms with E-state index in [1.807, 2.05) is 74.5 Å². The third-order valence-electron chi connectivity index (χ3n) is 6.84. The van der Waals surface area contributed by atoms with E-state index in [1.165, 1.54) is 35.2 Å². The molecule has 44 heavy (non-hydrogen) atoms. The molecule has 228 valence electrons. The first-order chi connectivity index (χ1) is 21.1. The number of carbonyl (C=O) groups excluding carboxylic acids is 2. The number of amides is 2. The van der Waals surface area contributed by atoms with Crippen LogP contribution >= 0.6 is 0 Å². The van der Waals surface area contributed by atoms with E-state index in [-0.39, 0.29) is 41.2 Å². The van der Waals surface area contributed by atoms with Crippen LogP contribution in [0.25, 0.3) is 0 Å². The van der Waals surface area contributed by atoms with E-state index in [9.17, 15) is 28.1 Å². The number of nitrogens with zero attached hydrogens (tertiary/aromatic N) is 3. The average Bonchev–Trinajstić information content (AvgIpc) is 3.02. The van der Waals surface area contributed by atoms with Crippen LogP contribution in [0.1, 0.15) is 25.0 Å². The van der Waals surface area contributed by atoms with Crippen molar-refractivity contribution >= 4 is 33.2 Å². The lowest BCUT2D eigenvalue weighted by atomic mass is 10.0. The van der Waals surface area contributed by atoms with Gasteiger partial charge in [0.25, 0.3) is 15.7 Å². The van der Waals surface area contributed by atoms with Crippen LogP contribution < -0.4 is 9.62 Å². The molecule has 0 aliphatic rings. The minimum Gasteiger partial charge on any atom is -0.352 e. The summed E-state index contributed by atoms with van der Waals surface area (Å²) in [7, 11) is -4.36. The van der Waals surface area contributed by atoms with Gasteiger partial charge in [-0.2, -0.15) is 0 Å². The predicted molar refractivity (Wildman–Crippen MR) is 168 cm³/mol. The molecule has 4 rings (SSSR count). The van der Waals surface area contributed by atoms with E-state index in [0.29, 0.717) is 0 Å². The molecule has 4 aromatic carbocycles. The van der Waals surface area contributed by atoms with Crippen molar-refractivity contribution in [3.63, 3.8) is 0 Å². The second-order valence-electron chi connectivity index (χ2n) is 10.5. The van der Waals surface area contributed by atoms with Crippen LogP contribution in [0.3, 0.4) is 0 Å².